The summed E-state index contributed by atoms with van der Waals surface area (Å²) >= 11 is 0. The molecule has 4 heteroatoms. The highest BCUT2D eigenvalue weighted by Crippen LogP contribution is 2.17. The van der Waals surface area contributed by atoms with Gasteiger partial charge in [0.15, 0.2) is 5.96 Å². The lowest BCUT2D eigenvalue weighted by Crippen LogP contribution is -2.41. The van der Waals surface area contributed by atoms with E-state index in [1.165, 1.54) is 36.9 Å². The summed E-state index contributed by atoms with van der Waals surface area (Å²) in [4.78, 5) is 7.05. The lowest BCUT2D eigenvalue weighted by molar-refractivity contribution is 0.161. The van der Waals surface area contributed by atoms with Crippen LogP contribution >= 0.6 is 0 Å². The van der Waals surface area contributed by atoms with Crippen LogP contribution in [-0.2, 0) is 0 Å². The summed E-state index contributed by atoms with van der Waals surface area (Å²) in [6.45, 7) is 9.49. The second kappa shape index (κ2) is 7.46. The van der Waals surface area contributed by atoms with Gasteiger partial charge in [0.2, 0.25) is 0 Å². The van der Waals surface area contributed by atoms with Crippen LogP contribution in [-0.4, -0.2) is 36.5 Å². The van der Waals surface area contributed by atoms with Crippen LogP contribution in [0.1, 0.15) is 37.3 Å². The molecule has 21 heavy (non-hydrogen) atoms. The molecule has 1 atom stereocenters. The first-order chi connectivity index (χ1) is 10.1. The zero-order valence-electron chi connectivity index (χ0n) is 13.5. The molecular formula is C17H28N4. The van der Waals surface area contributed by atoms with Gasteiger partial charge in [-0.25, -0.2) is 0 Å². The summed E-state index contributed by atoms with van der Waals surface area (Å²) in [5.41, 5.74) is 9.51. The van der Waals surface area contributed by atoms with Crippen molar-refractivity contribution in [3.05, 3.63) is 29.3 Å². The van der Waals surface area contributed by atoms with Crippen molar-refractivity contribution in [3.63, 3.8) is 0 Å². The Morgan fingerprint density at radius 2 is 2.00 bits per heavy atom. The predicted octanol–water partition coefficient (Wildman–Crippen LogP) is 2.90. The van der Waals surface area contributed by atoms with Crippen molar-refractivity contribution in [2.75, 3.05) is 25.0 Å². The molecule has 0 amide bonds. The maximum Gasteiger partial charge on any atom is 0.193 e. The number of nitrogens with zero attached hydrogens (tertiary/aromatic N) is 2. The third-order valence-corrected chi connectivity index (χ3v) is 4.12. The molecule has 1 aromatic carbocycles. The van der Waals surface area contributed by atoms with Crippen LogP contribution in [0.2, 0.25) is 0 Å². The van der Waals surface area contributed by atoms with E-state index in [0.29, 0.717) is 12.0 Å². The average molecular weight is 288 g/mol. The Kier molecular flexibility index (Phi) is 5.62. The van der Waals surface area contributed by atoms with E-state index in [2.05, 4.69) is 54.2 Å². The molecule has 1 aliphatic rings. The molecule has 0 saturated carbocycles. The molecule has 1 fully saturated rings. The lowest BCUT2D eigenvalue weighted by atomic mass is 10.0. The Balaban J connectivity index is 1.94. The summed E-state index contributed by atoms with van der Waals surface area (Å²) in [5.74, 6) is 0.515. The zero-order valence-corrected chi connectivity index (χ0v) is 13.5. The van der Waals surface area contributed by atoms with Gasteiger partial charge in [-0.15, -0.1) is 0 Å². The van der Waals surface area contributed by atoms with Crippen LogP contribution in [0.4, 0.5) is 5.69 Å². The number of likely N-dealkylation sites (tertiary alicyclic amines) is 1. The SMILES string of the molecule is CCN1CCCCC1CN=C(N)Nc1cc(C)cc(C)c1. The highest BCUT2D eigenvalue weighted by Gasteiger charge is 2.20. The van der Waals surface area contributed by atoms with Crippen molar-refractivity contribution in [1.29, 1.82) is 0 Å². The number of piperidine rings is 1. The van der Waals surface area contributed by atoms with Crippen molar-refractivity contribution in [2.24, 2.45) is 10.7 Å². The van der Waals surface area contributed by atoms with Crippen LogP contribution in [0.15, 0.2) is 23.2 Å². The number of rotatable bonds is 4. The molecule has 3 N–H and O–H groups in total. The van der Waals surface area contributed by atoms with Gasteiger partial charge < -0.3 is 11.1 Å². The third-order valence-electron chi connectivity index (χ3n) is 4.12. The van der Waals surface area contributed by atoms with Crippen molar-refractivity contribution in [3.8, 4) is 0 Å². The molecule has 1 saturated heterocycles. The number of benzene rings is 1. The van der Waals surface area contributed by atoms with Gasteiger partial charge in [0.1, 0.15) is 0 Å². The Bertz CT molecular complexity index is 475. The standard InChI is InChI=1S/C17H28N4/c1-4-21-8-6-5-7-16(21)12-19-17(18)20-15-10-13(2)9-14(3)11-15/h9-11,16H,4-8,12H2,1-3H3,(H3,18,19,20). The van der Waals surface area contributed by atoms with E-state index in [4.69, 9.17) is 5.73 Å². The Hall–Kier alpha value is -1.55. The normalized spacial score (nSPS) is 20.5. The molecule has 1 unspecified atom stereocenters. The van der Waals surface area contributed by atoms with Crippen LogP contribution in [0, 0.1) is 13.8 Å². The smallest absolute Gasteiger partial charge is 0.193 e. The fraction of sp³-hybridized carbons (Fsp3) is 0.588. The van der Waals surface area contributed by atoms with Gasteiger partial charge in [-0.2, -0.15) is 0 Å². The van der Waals surface area contributed by atoms with E-state index in [-0.39, 0.29) is 0 Å². The van der Waals surface area contributed by atoms with Gasteiger partial charge in [-0.1, -0.05) is 19.4 Å². The number of aryl methyl sites for hydroxylation is 2. The minimum atomic E-state index is 0.515. The number of nitrogens with one attached hydrogen (secondary N) is 1. The molecule has 0 aliphatic carbocycles. The van der Waals surface area contributed by atoms with Gasteiger partial charge in [0.25, 0.3) is 0 Å². The largest absolute Gasteiger partial charge is 0.370 e. The Morgan fingerprint density at radius 1 is 1.29 bits per heavy atom. The first kappa shape index (κ1) is 15.8. The van der Waals surface area contributed by atoms with E-state index >= 15 is 0 Å². The number of hydrogen-bond donors (Lipinski definition) is 2. The number of likely N-dealkylation sites (N-methyl/N-ethyl adjacent to an activating group) is 1. The van der Waals surface area contributed by atoms with E-state index in [0.717, 1.165) is 18.8 Å². The lowest BCUT2D eigenvalue weighted by Gasteiger charge is -2.33. The van der Waals surface area contributed by atoms with Crippen molar-refractivity contribution in [1.82, 2.24) is 4.90 Å². The Morgan fingerprint density at radius 3 is 2.67 bits per heavy atom. The minimum Gasteiger partial charge on any atom is -0.370 e. The molecule has 0 spiro atoms. The highest BCUT2D eigenvalue weighted by molar-refractivity contribution is 5.92. The molecule has 0 radical (unpaired) electrons. The molecule has 116 valence electrons. The van der Waals surface area contributed by atoms with Crippen LogP contribution in [0.25, 0.3) is 0 Å². The fourth-order valence-electron chi connectivity index (χ4n) is 3.12. The number of aliphatic imine (C=N–C) groups is 1. The molecule has 4 nitrogen and oxygen atoms in total. The molecule has 2 rings (SSSR count). The van der Waals surface area contributed by atoms with E-state index < -0.39 is 0 Å². The molecule has 0 aromatic heterocycles. The van der Waals surface area contributed by atoms with Crippen molar-refractivity contribution < 1.29 is 0 Å². The summed E-state index contributed by atoms with van der Waals surface area (Å²) in [7, 11) is 0. The predicted molar refractivity (Wildman–Crippen MR) is 90.9 cm³/mol. The topological polar surface area (TPSA) is 53.6 Å². The van der Waals surface area contributed by atoms with Crippen LogP contribution in [0.5, 0.6) is 0 Å². The number of guanidine groups is 1. The van der Waals surface area contributed by atoms with Gasteiger partial charge in [-0.05, 0) is 63.0 Å². The quantitative estimate of drug-likeness (QED) is 0.661. The molecule has 1 aromatic rings. The summed E-state index contributed by atoms with van der Waals surface area (Å²) in [6, 6.07) is 6.88. The summed E-state index contributed by atoms with van der Waals surface area (Å²) in [5, 5.41) is 3.21. The monoisotopic (exact) mass is 288 g/mol. The molecular weight excluding hydrogens is 260 g/mol. The van der Waals surface area contributed by atoms with Crippen LogP contribution in [0.3, 0.4) is 0 Å². The van der Waals surface area contributed by atoms with Crippen LogP contribution < -0.4 is 11.1 Å². The maximum absolute atomic E-state index is 6.03. The summed E-state index contributed by atoms with van der Waals surface area (Å²) in [6.07, 6.45) is 3.85. The highest BCUT2D eigenvalue weighted by atomic mass is 15.2. The van der Waals surface area contributed by atoms with Gasteiger partial charge in [0.05, 0.1) is 6.54 Å². The molecule has 1 aliphatic heterocycles. The van der Waals surface area contributed by atoms with E-state index in [1.807, 2.05) is 0 Å². The van der Waals surface area contributed by atoms with Gasteiger partial charge in [0, 0.05) is 11.7 Å². The number of nitrogens with two attached hydrogens (primary N) is 1. The Labute approximate surface area is 128 Å². The molecule has 0 bridgehead atoms. The maximum atomic E-state index is 6.03. The average Bonchev–Trinajstić information content (AvgIpc) is 2.44. The third kappa shape index (κ3) is 4.74. The number of anilines is 1. The van der Waals surface area contributed by atoms with E-state index in [9.17, 15) is 0 Å². The van der Waals surface area contributed by atoms with Gasteiger partial charge >= 0.3 is 0 Å². The number of hydrogen-bond acceptors (Lipinski definition) is 2. The van der Waals surface area contributed by atoms with Crippen molar-refractivity contribution >= 4 is 11.6 Å². The molecule has 1 heterocycles. The first-order valence-electron chi connectivity index (χ1n) is 7.97. The first-order valence-corrected chi connectivity index (χ1v) is 7.97. The van der Waals surface area contributed by atoms with Crippen molar-refractivity contribution in [2.45, 2.75) is 46.1 Å². The zero-order chi connectivity index (χ0) is 15.2. The van der Waals surface area contributed by atoms with Gasteiger partial charge in [-0.3, -0.25) is 9.89 Å². The fourth-order valence-corrected chi connectivity index (χ4v) is 3.12. The minimum absolute atomic E-state index is 0.515. The second-order valence-corrected chi connectivity index (χ2v) is 6.01. The summed E-state index contributed by atoms with van der Waals surface area (Å²) < 4.78 is 0. The van der Waals surface area contributed by atoms with E-state index in [1.54, 1.807) is 0 Å². The second-order valence-electron chi connectivity index (χ2n) is 6.01.